The number of carbonyl (C=O) groups is 2. The van der Waals surface area contributed by atoms with Gasteiger partial charge in [-0.15, -0.1) is 0 Å². The zero-order chi connectivity index (χ0) is 18.8. The molecule has 1 aliphatic heterocycles. The highest BCUT2D eigenvalue weighted by Crippen LogP contribution is 2.29. The largest absolute Gasteiger partial charge is 0.463 e. The van der Waals surface area contributed by atoms with Crippen molar-refractivity contribution in [2.75, 3.05) is 6.61 Å². The Kier molecular flexibility index (Phi) is 5.22. The Bertz CT molecular complexity index is 793. The third-order valence-electron chi connectivity index (χ3n) is 4.48. The van der Waals surface area contributed by atoms with Crippen molar-refractivity contribution in [3.05, 3.63) is 23.3 Å². The Morgan fingerprint density at radius 3 is 2.27 bits per heavy atom. The van der Waals surface area contributed by atoms with Crippen molar-refractivity contribution in [3.63, 3.8) is 0 Å². The summed E-state index contributed by atoms with van der Waals surface area (Å²) in [4.78, 5) is 24.0. The Labute approximate surface area is 151 Å². The molecule has 1 aromatic carbocycles. The molecule has 1 saturated heterocycles. The minimum absolute atomic E-state index is 0.0167. The van der Waals surface area contributed by atoms with Gasteiger partial charge in [0, 0.05) is 13.8 Å². The van der Waals surface area contributed by atoms with Crippen molar-refractivity contribution < 1.29 is 23.8 Å². The lowest BCUT2D eigenvalue weighted by Crippen LogP contribution is -2.43. The van der Waals surface area contributed by atoms with Crippen LogP contribution in [0.2, 0.25) is 0 Å². The van der Waals surface area contributed by atoms with Crippen LogP contribution in [0.1, 0.15) is 44.0 Å². The number of benzene rings is 1. The first-order valence-electron chi connectivity index (χ1n) is 8.63. The molecular weight excluding hydrogens is 338 g/mol. The normalized spacial score (nSPS) is 23.0. The SMILES string of the molecule is CC(=O)OC[C@@H]1O[C@@H](n2nc3cc(C)c(C)cc3n2)CC[C@@H]1OC(C)=O. The zero-order valence-corrected chi connectivity index (χ0v) is 15.4. The summed E-state index contributed by atoms with van der Waals surface area (Å²) in [7, 11) is 0. The molecule has 1 aromatic heterocycles. The molecule has 3 atom stereocenters. The summed E-state index contributed by atoms with van der Waals surface area (Å²) in [6.45, 7) is 6.76. The number of nitrogens with zero attached hydrogens (tertiary/aromatic N) is 3. The van der Waals surface area contributed by atoms with Crippen LogP contribution in [0.4, 0.5) is 0 Å². The van der Waals surface area contributed by atoms with Crippen LogP contribution in [-0.4, -0.2) is 45.7 Å². The molecular formula is C18H23N3O5. The zero-order valence-electron chi connectivity index (χ0n) is 15.4. The van der Waals surface area contributed by atoms with E-state index in [1.54, 1.807) is 4.80 Å². The van der Waals surface area contributed by atoms with Crippen molar-refractivity contribution >= 4 is 23.0 Å². The molecule has 0 radical (unpaired) electrons. The van der Waals surface area contributed by atoms with Crippen molar-refractivity contribution in [2.45, 2.75) is 59.0 Å². The highest BCUT2D eigenvalue weighted by atomic mass is 16.6. The Morgan fingerprint density at radius 1 is 1.12 bits per heavy atom. The summed E-state index contributed by atoms with van der Waals surface area (Å²) >= 11 is 0. The molecule has 0 N–H and O–H groups in total. The Hall–Kier alpha value is -2.48. The van der Waals surface area contributed by atoms with Gasteiger partial charge in [-0.05, 0) is 49.9 Å². The molecule has 8 heteroatoms. The number of esters is 2. The second-order valence-corrected chi connectivity index (χ2v) is 6.60. The second-order valence-electron chi connectivity index (χ2n) is 6.60. The van der Waals surface area contributed by atoms with Crippen LogP contribution < -0.4 is 0 Å². The minimum atomic E-state index is -0.556. The van der Waals surface area contributed by atoms with Crippen molar-refractivity contribution in [3.8, 4) is 0 Å². The van der Waals surface area contributed by atoms with Crippen molar-refractivity contribution in [1.29, 1.82) is 0 Å². The molecule has 140 valence electrons. The van der Waals surface area contributed by atoms with E-state index in [2.05, 4.69) is 10.2 Å². The lowest BCUT2D eigenvalue weighted by Gasteiger charge is -2.34. The first-order valence-corrected chi connectivity index (χ1v) is 8.63. The summed E-state index contributed by atoms with van der Waals surface area (Å²) in [5.74, 6) is -0.801. The molecule has 0 saturated carbocycles. The Balaban J connectivity index is 1.80. The molecule has 0 unspecified atom stereocenters. The maximum atomic E-state index is 11.3. The molecule has 2 heterocycles. The third-order valence-corrected chi connectivity index (χ3v) is 4.48. The molecule has 0 bridgehead atoms. The van der Waals surface area contributed by atoms with Gasteiger partial charge in [0.2, 0.25) is 0 Å². The van der Waals surface area contributed by atoms with E-state index in [0.717, 1.165) is 22.2 Å². The first kappa shape index (κ1) is 18.3. The topological polar surface area (TPSA) is 92.5 Å². The molecule has 2 aromatic rings. The summed E-state index contributed by atoms with van der Waals surface area (Å²) in [6, 6.07) is 3.99. The van der Waals surface area contributed by atoms with Gasteiger partial charge >= 0.3 is 11.9 Å². The van der Waals surface area contributed by atoms with E-state index in [0.29, 0.717) is 12.8 Å². The van der Waals surface area contributed by atoms with E-state index < -0.39 is 30.4 Å². The average Bonchev–Trinajstić information content (AvgIpc) is 2.96. The molecule has 0 spiro atoms. The van der Waals surface area contributed by atoms with Gasteiger partial charge in [-0.2, -0.15) is 15.0 Å². The van der Waals surface area contributed by atoms with Gasteiger partial charge in [-0.1, -0.05) is 0 Å². The highest BCUT2D eigenvalue weighted by molar-refractivity contribution is 5.75. The maximum absolute atomic E-state index is 11.3. The van der Waals surface area contributed by atoms with Crippen molar-refractivity contribution in [2.24, 2.45) is 0 Å². The number of carbonyl (C=O) groups excluding carboxylic acids is 2. The fraction of sp³-hybridized carbons (Fsp3) is 0.556. The first-order chi connectivity index (χ1) is 12.3. The van der Waals surface area contributed by atoms with Gasteiger partial charge in [0.05, 0.1) is 0 Å². The number of rotatable bonds is 4. The molecule has 26 heavy (non-hydrogen) atoms. The van der Waals surface area contributed by atoms with Gasteiger partial charge in [0.15, 0.2) is 6.23 Å². The van der Waals surface area contributed by atoms with Crippen LogP contribution in [0.25, 0.3) is 11.0 Å². The molecule has 0 aliphatic carbocycles. The lowest BCUT2D eigenvalue weighted by atomic mass is 10.0. The molecule has 1 fully saturated rings. The average molecular weight is 361 g/mol. The quantitative estimate of drug-likeness (QED) is 0.771. The number of aryl methyl sites for hydroxylation is 2. The van der Waals surface area contributed by atoms with Crippen molar-refractivity contribution in [1.82, 2.24) is 15.0 Å². The van der Waals surface area contributed by atoms with E-state index >= 15 is 0 Å². The predicted molar refractivity (Wildman–Crippen MR) is 92.3 cm³/mol. The van der Waals surface area contributed by atoms with Crippen LogP contribution in [0.15, 0.2) is 12.1 Å². The predicted octanol–water partition coefficient (Wildman–Crippen LogP) is 2.22. The number of aromatic nitrogens is 3. The van der Waals surface area contributed by atoms with E-state index in [1.165, 1.54) is 13.8 Å². The van der Waals surface area contributed by atoms with Gasteiger partial charge in [-0.25, -0.2) is 0 Å². The molecule has 0 amide bonds. The van der Waals surface area contributed by atoms with E-state index in [4.69, 9.17) is 14.2 Å². The fourth-order valence-electron chi connectivity index (χ4n) is 3.03. The summed E-state index contributed by atoms with van der Waals surface area (Å²) in [6.07, 6.45) is -0.258. The molecule has 8 nitrogen and oxygen atoms in total. The summed E-state index contributed by atoms with van der Waals surface area (Å²) < 4.78 is 16.4. The molecule has 3 rings (SSSR count). The van der Waals surface area contributed by atoms with E-state index in [9.17, 15) is 9.59 Å². The lowest BCUT2D eigenvalue weighted by molar-refractivity contribution is -0.195. The molecule has 1 aliphatic rings. The van der Waals surface area contributed by atoms with Crippen LogP contribution in [0.5, 0.6) is 0 Å². The summed E-state index contributed by atoms with van der Waals surface area (Å²) in [5.41, 5.74) is 3.90. The van der Waals surface area contributed by atoms with Gasteiger partial charge < -0.3 is 14.2 Å². The van der Waals surface area contributed by atoms with Crippen LogP contribution in [0.3, 0.4) is 0 Å². The highest BCUT2D eigenvalue weighted by Gasteiger charge is 2.36. The monoisotopic (exact) mass is 361 g/mol. The fourth-order valence-corrected chi connectivity index (χ4v) is 3.03. The Morgan fingerprint density at radius 2 is 1.73 bits per heavy atom. The number of fused-ring (bicyclic) bond motifs is 1. The van der Waals surface area contributed by atoms with E-state index in [-0.39, 0.29) is 6.61 Å². The van der Waals surface area contributed by atoms with Gasteiger partial charge in [0.1, 0.15) is 29.8 Å². The minimum Gasteiger partial charge on any atom is -0.463 e. The van der Waals surface area contributed by atoms with Crippen LogP contribution in [-0.2, 0) is 23.8 Å². The van der Waals surface area contributed by atoms with Gasteiger partial charge in [-0.3, -0.25) is 9.59 Å². The third kappa shape index (κ3) is 4.01. The second kappa shape index (κ2) is 7.41. The number of hydrogen-bond acceptors (Lipinski definition) is 7. The standard InChI is InChI=1S/C18H23N3O5/c1-10-7-14-15(8-11(10)2)20-21(19-14)18-6-5-16(25-13(4)23)17(26-18)9-24-12(3)22/h7-8,16-18H,5-6,9H2,1-4H3/t16-,17-,18+/m0/s1. The number of hydrogen-bond donors (Lipinski definition) is 0. The smallest absolute Gasteiger partial charge is 0.302 e. The van der Waals surface area contributed by atoms with Crippen LogP contribution in [0, 0.1) is 13.8 Å². The van der Waals surface area contributed by atoms with Gasteiger partial charge in [0.25, 0.3) is 0 Å². The summed E-state index contributed by atoms with van der Waals surface area (Å²) in [5, 5.41) is 9.04. The van der Waals surface area contributed by atoms with E-state index in [1.807, 2.05) is 26.0 Å². The maximum Gasteiger partial charge on any atom is 0.302 e. The number of ether oxygens (including phenoxy) is 3. The van der Waals surface area contributed by atoms with Crippen LogP contribution >= 0.6 is 0 Å².